The van der Waals surface area contributed by atoms with Crippen LogP contribution >= 0.6 is 15.9 Å². The maximum atomic E-state index is 12.8. The highest BCUT2D eigenvalue weighted by Gasteiger charge is 2.33. The number of carbonyl (C=O) groups excluding carboxylic acids is 2. The summed E-state index contributed by atoms with van der Waals surface area (Å²) < 4.78 is 34.8. The Morgan fingerprint density at radius 3 is 2.26 bits per heavy atom. The largest absolute Gasteiger partial charge is 0.443 e. The van der Waals surface area contributed by atoms with Crippen LogP contribution in [0, 0.1) is 0 Å². The number of rotatable bonds is 5. The summed E-state index contributed by atoms with van der Waals surface area (Å²) in [4.78, 5) is 26.7. The Labute approximate surface area is 191 Å². The zero-order chi connectivity index (χ0) is 23.7. The minimum atomic E-state index is -4.06. The molecule has 0 spiro atoms. The Kier molecular flexibility index (Phi) is 7.44. The number of ether oxygens (including phenoxy) is 1. The first-order valence-corrected chi connectivity index (χ1v) is 11.8. The lowest BCUT2D eigenvalue weighted by Crippen LogP contribution is -2.46. The third-order valence-corrected chi connectivity index (χ3v) is 6.66. The topological polar surface area (TPSA) is 92.2 Å². The molecular formula is C20H29BrN4O5S. The Bertz CT molecular complexity index is 1090. The van der Waals surface area contributed by atoms with E-state index in [1.54, 1.807) is 41.1 Å². The summed E-state index contributed by atoms with van der Waals surface area (Å²) in [6.45, 7) is 4.87. The first kappa shape index (κ1) is 25.2. The van der Waals surface area contributed by atoms with Gasteiger partial charge in [0.1, 0.15) is 5.60 Å². The van der Waals surface area contributed by atoms with Crippen molar-refractivity contribution in [3.63, 3.8) is 0 Å². The van der Waals surface area contributed by atoms with Crippen LogP contribution in [0.3, 0.4) is 0 Å². The summed E-state index contributed by atoms with van der Waals surface area (Å²) in [6, 6.07) is 5.28. The summed E-state index contributed by atoms with van der Waals surface area (Å²) >= 11 is 3.42. The van der Waals surface area contributed by atoms with Crippen LogP contribution in [0.1, 0.15) is 26.3 Å². The highest BCUT2D eigenvalue weighted by atomic mass is 79.9. The van der Waals surface area contributed by atoms with E-state index in [9.17, 15) is 18.0 Å². The summed E-state index contributed by atoms with van der Waals surface area (Å²) in [5.41, 5.74) is 0.569. The SMILES string of the molecule is CN(C)C(=O)n1cc(CCN(C(=O)OC(C)(C)C)S(=O)(=O)N(C)C)c2ccc(Br)cc21. The molecule has 0 fully saturated rings. The minimum Gasteiger partial charge on any atom is -0.443 e. The molecular weight excluding hydrogens is 488 g/mol. The van der Waals surface area contributed by atoms with Crippen molar-refractivity contribution in [2.45, 2.75) is 32.8 Å². The van der Waals surface area contributed by atoms with Crippen LogP contribution in [-0.4, -0.2) is 79.0 Å². The average Bonchev–Trinajstić information content (AvgIpc) is 2.96. The molecule has 0 bridgehead atoms. The van der Waals surface area contributed by atoms with Gasteiger partial charge in [-0.3, -0.25) is 4.57 Å². The third kappa shape index (κ3) is 5.78. The molecule has 1 aromatic heterocycles. The first-order chi connectivity index (χ1) is 14.1. The van der Waals surface area contributed by atoms with E-state index in [4.69, 9.17) is 4.74 Å². The Hall–Kier alpha value is -2.11. The van der Waals surface area contributed by atoms with Crippen molar-refractivity contribution in [3.8, 4) is 0 Å². The smallest absolute Gasteiger partial charge is 0.425 e. The Morgan fingerprint density at radius 1 is 1.13 bits per heavy atom. The van der Waals surface area contributed by atoms with E-state index in [2.05, 4.69) is 15.9 Å². The predicted molar refractivity (Wildman–Crippen MR) is 123 cm³/mol. The molecule has 2 aromatic rings. The second kappa shape index (κ2) is 9.17. The van der Waals surface area contributed by atoms with E-state index >= 15 is 0 Å². The molecule has 11 heteroatoms. The van der Waals surface area contributed by atoms with Gasteiger partial charge in [0, 0.05) is 50.8 Å². The molecule has 0 radical (unpaired) electrons. The summed E-state index contributed by atoms with van der Waals surface area (Å²) in [7, 11) is 1.95. The van der Waals surface area contributed by atoms with Gasteiger partial charge in [-0.1, -0.05) is 22.0 Å². The molecule has 1 aromatic carbocycles. The van der Waals surface area contributed by atoms with Gasteiger partial charge in [-0.15, -0.1) is 0 Å². The van der Waals surface area contributed by atoms with Gasteiger partial charge in [0.2, 0.25) is 0 Å². The number of hydrogen-bond acceptors (Lipinski definition) is 5. The zero-order valence-corrected chi connectivity index (χ0v) is 21.2. The fourth-order valence-electron chi connectivity index (χ4n) is 2.88. The van der Waals surface area contributed by atoms with E-state index in [0.717, 1.165) is 19.7 Å². The van der Waals surface area contributed by atoms with Crippen LogP contribution in [0.5, 0.6) is 0 Å². The Morgan fingerprint density at radius 2 is 1.74 bits per heavy atom. The van der Waals surface area contributed by atoms with Crippen molar-refractivity contribution in [1.82, 2.24) is 18.1 Å². The maximum Gasteiger partial charge on any atom is 0.425 e. The second-order valence-electron chi connectivity index (χ2n) is 8.46. The summed E-state index contributed by atoms with van der Waals surface area (Å²) in [5, 5.41) is 0.796. The first-order valence-electron chi connectivity index (χ1n) is 9.59. The second-order valence-corrected chi connectivity index (χ2v) is 11.4. The van der Waals surface area contributed by atoms with Crippen molar-refractivity contribution >= 4 is 49.2 Å². The number of aromatic nitrogens is 1. The van der Waals surface area contributed by atoms with E-state index in [0.29, 0.717) is 9.82 Å². The monoisotopic (exact) mass is 516 g/mol. The molecule has 0 aliphatic carbocycles. The molecule has 0 aliphatic heterocycles. The maximum absolute atomic E-state index is 12.8. The van der Waals surface area contributed by atoms with E-state index < -0.39 is 21.9 Å². The van der Waals surface area contributed by atoms with E-state index in [-0.39, 0.29) is 19.0 Å². The number of fused-ring (bicyclic) bond motifs is 1. The highest BCUT2D eigenvalue weighted by molar-refractivity contribution is 9.10. The molecule has 2 amide bonds. The Balaban J connectivity index is 2.45. The van der Waals surface area contributed by atoms with Gasteiger partial charge in [-0.2, -0.15) is 17.0 Å². The van der Waals surface area contributed by atoms with Gasteiger partial charge >= 0.3 is 22.3 Å². The van der Waals surface area contributed by atoms with Gasteiger partial charge in [0.05, 0.1) is 5.52 Å². The van der Waals surface area contributed by atoms with E-state index in [1.807, 2.05) is 18.2 Å². The lowest BCUT2D eigenvalue weighted by molar-refractivity contribution is 0.0385. The third-order valence-electron chi connectivity index (χ3n) is 4.36. The van der Waals surface area contributed by atoms with Crippen LogP contribution < -0.4 is 0 Å². The zero-order valence-electron chi connectivity index (χ0n) is 18.8. The highest BCUT2D eigenvalue weighted by Crippen LogP contribution is 2.26. The van der Waals surface area contributed by atoms with Crippen molar-refractivity contribution in [2.75, 3.05) is 34.7 Å². The molecule has 0 saturated heterocycles. The molecule has 0 aliphatic rings. The van der Waals surface area contributed by atoms with E-state index in [1.165, 1.54) is 23.6 Å². The molecule has 0 atom stereocenters. The van der Waals surface area contributed by atoms with Gasteiger partial charge < -0.3 is 9.64 Å². The van der Waals surface area contributed by atoms with Crippen molar-refractivity contribution in [1.29, 1.82) is 0 Å². The molecule has 1 heterocycles. The number of halogens is 1. The predicted octanol–water partition coefficient (Wildman–Crippen LogP) is 3.52. The number of nitrogens with zero attached hydrogens (tertiary/aromatic N) is 4. The lowest BCUT2D eigenvalue weighted by atomic mass is 10.1. The number of amides is 2. The lowest BCUT2D eigenvalue weighted by Gasteiger charge is -2.28. The van der Waals surface area contributed by atoms with Gasteiger partial charge in [0.15, 0.2) is 0 Å². The molecule has 2 rings (SSSR count). The van der Waals surface area contributed by atoms with Crippen LogP contribution in [0.25, 0.3) is 10.9 Å². The van der Waals surface area contributed by atoms with Gasteiger partial charge in [-0.05, 0) is 44.9 Å². The van der Waals surface area contributed by atoms with Crippen LogP contribution in [-0.2, 0) is 21.4 Å². The van der Waals surface area contributed by atoms with Crippen LogP contribution in [0.15, 0.2) is 28.9 Å². The average molecular weight is 517 g/mol. The summed E-state index contributed by atoms with van der Waals surface area (Å²) in [6.07, 6.45) is 0.935. The quantitative estimate of drug-likeness (QED) is 0.606. The molecule has 0 N–H and O–H groups in total. The number of carbonyl (C=O) groups is 2. The fraction of sp³-hybridized carbons (Fsp3) is 0.500. The van der Waals surface area contributed by atoms with Crippen molar-refractivity contribution in [3.05, 3.63) is 34.4 Å². The van der Waals surface area contributed by atoms with Crippen molar-refractivity contribution in [2.24, 2.45) is 0 Å². The fourth-order valence-corrected chi connectivity index (χ4v) is 4.17. The molecule has 9 nitrogen and oxygen atoms in total. The van der Waals surface area contributed by atoms with Gasteiger partial charge in [-0.25, -0.2) is 9.59 Å². The van der Waals surface area contributed by atoms with Crippen LogP contribution in [0.2, 0.25) is 0 Å². The molecule has 31 heavy (non-hydrogen) atoms. The molecule has 0 unspecified atom stereocenters. The standard InChI is InChI=1S/C20H29BrN4O5S/c1-20(2,3)30-19(27)25(31(28,29)23(6)7)11-10-14-13-24(18(26)22(4)5)17-12-15(21)8-9-16(14)17/h8-9,12-13H,10-11H2,1-7H3. The molecule has 172 valence electrons. The minimum absolute atomic E-state index is 0.138. The normalized spacial score (nSPS) is 12.3. The molecule has 0 saturated carbocycles. The van der Waals surface area contributed by atoms with Crippen LogP contribution in [0.4, 0.5) is 9.59 Å². The number of benzene rings is 1. The number of hydrogen-bond donors (Lipinski definition) is 0. The van der Waals surface area contributed by atoms with Crippen molar-refractivity contribution < 1.29 is 22.7 Å². The summed E-state index contributed by atoms with van der Waals surface area (Å²) in [5.74, 6) is 0. The van der Waals surface area contributed by atoms with Gasteiger partial charge in [0.25, 0.3) is 0 Å².